The van der Waals surface area contributed by atoms with E-state index in [-0.39, 0.29) is 17.6 Å². The number of carbonyl (C=O) groups is 1. The van der Waals surface area contributed by atoms with Gasteiger partial charge in [0.1, 0.15) is 11.9 Å². The molecular formula is C13H18O3. The first-order chi connectivity index (χ1) is 7.70. The summed E-state index contributed by atoms with van der Waals surface area (Å²) in [5, 5.41) is 0. The molecule has 1 aliphatic heterocycles. The monoisotopic (exact) mass is 222 g/mol. The van der Waals surface area contributed by atoms with Gasteiger partial charge in [0, 0.05) is 11.8 Å². The van der Waals surface area contributed by atoms with E-state index in [0.717, 1.165) is 25.7 Å². The molecule has 3 heteroatoms. The summed E-state index contributed by atoms with van der Waals surface area (Å²) < 4.78 is 11.4. The van der Waals surface area contributed by atoms with Gasteiger partial charge in [-0.25, -0.2) is 0 Å². The zero-order chi connectivity index (χ0) is 11.2. The third-order valence-corrected chi connectivity index (χ3v) is 4.24. The summed E-state index contributed by atoms with van der Waals surface area (Å²) in [7, 11) is 0. The minimum absolute atomic E-state index is 0.0859. The average molecular weight is 222 g/mol. The fourth-order valence-corrected chi connectivity index (χ4v) is 3.20. The molecule has 1 saturated carbocycles. The molecule has 0 aromatic heterocycles. The molecule has 0 amide bonds. The van der Waals surface area contributed by atoms with E-state index >= 15 is 0 Å². The molecule has 0 bridgehead atoms. The van der Waals surface area contributed by atoms with Crippen LogP contribution in [0.25, 0.3) is 0 Å². The van der Waals surface area contributed by atoms with E-state index in [2.05, 4.69) is 13.0 Å². The van der Waals surface area contributed by atoms with Crippen molar-refractivity contribution in [2.24, 2.45) is 5.41 Å². The molecule has 2 unspecified atom stereocenters. The zero-order valence-corrected chi connectivity index (χ0v) is 9.70. The van der Waals surface area contributed by atoms with Crippen LogP contribution in [0.5, 0.6) is 0 Å². The number of ketones is 1. The second-order valence-electron chi connectivity index (χ2n) is 5.25. The van der Waals surface area contributed by atoms with E-state index in [1.165, 1.54) is 5.57 Å². The van der Waals surface area contributed by atoms with Crippen molar-refractivity contribution in [2.45, 2.75) is 44.8 Å². The van der Waals surface area contributed by atoms with Gasteiger partial charge in [0.05, 0.1) is 19.3 Å². The molecule has 1 heterocycles. The summed E-state index contributed by atoms with van der Waals surface area (Å²) in [5.41, 5.74) is 1.02. The maximum Gasteiger partial charge on any atom is 0.142 e. The fraction of sp³-hybridized carbons (Fsp3) is 0.769. The Labute approximate surface area is 95.8 Å². The van der Waals surface area contributed by atoms with Crippen molar-refractivity contribution in [2.75, 3.05) is 13.2 Å². The summed E-state index contributed by atoms with van der Waals surface area (Å²) in [4.78, 5) is 12.1. The van der Waals surface area contributed by atoms with Gasteiger partial charge in [0.15, 0.2) is 0 Å². The largest absolute Gasteiger partial charge is 0.373 e. The Bertz CT molecular complexity index is 347. The lowest BCUT2D eigenvalue weighted by Gasteiger charge is -2.45. The second-order valence-corrected chi connectivity index (χ2v) is 5.25. The molecule has 1 saturated heterocycles. The topological polar surface area (TPSA) is 35.5 Å². The van der Waals surface area contributed by atoms with Crippen molar-refractivity contribution in [1.29, 1.82) is 0 Å². The highest BCUT2D eigenvalue weighted by Crippen LogP contribution is 2.46. The van der Waals surface area contributed by atoms with E-state index in [4.69, 9.17) is 9.47 Å². The van der Waals surface area contributed by atoms with E-state index < -0.39 is 0 Å². The van der Waals surface area contributed by atoms with Crippen molar-refractivity contribution in [3.8, 4) is 0 Å². The summed E-state index contributed by atoms with van der Waals surface area (Å²) in [6, 6.07) is 0. The predicted molar refractivity (Wildman–Crippen MR) is 59.1 cm³/mol. The molecular weight excluding hydrogens is 204 g/mol. The van der Waals surface area contributed by atoms with Crippen molar-refractivity contribution in [3.05, 3.63) is 11.6 Å². The van der Waals surface area contributed by atoms with E-state index in [0.29, 0.717) is 19.0 Å². The predicted octanol–water partition coefficient (Wildman–Crippen LogP) is 1.86. The Morgan fingerprint density at radius 2 is 2.12 bits per heavy atom. The standard InChI is InChI=1S/C13H18O3/c1-13-8-11-10(15-5-6-16-11)7-9(13)3-2-4-12(13)14/h7,10-11H,2-6,8H2,1H3/t10-,11?,13?/m0/s1. The molecule has 88 valence electrons. The maximum absolute atomic E-state index is 12.1. The summed E-state index contributed by atoms with van der Waals surface area (Å²) in [5.74, 6) is 0.387. The van der Waals surface area contributed by atoms with Crippen LogP contribution in [-0.4, -0.2) is 31.2 Å². The molecule has 0 radical (unpaired) electrons. The molecule has 2 aliphatic carbocycles. The van der Waals surface area contributed by atoms with Gasteiger partial charge >= 0.3 is 0 Å². The van der Waals surface area contributed by atoms with Gasteiger partial charge in [0.25, 0.3) is 0 Å². The van der Waals surface area contributed by atoms with Crippen LogP contribution in [0.1, 0.15) is 32.6 Å². The highest BCUT2D eigenvalue weighted by molar-refractivity contribution is 5.89. The third kappa shape index (κ3) is 1.45. The van der Waals surface area contributed by atoms with Crippen LogP contribution in [0.2, 0.25) is 0 Å². The lowest BCUT2D eigenvalue weighted by Crippen LogP contribution is -2.48. The highest BCUT2D eigenvalue weighted by Gasteiger charge is 2.46. The summed E-state index contributed by atoms with van der Waals surface area (Å²) in [6.07, 6.45) is 5.92. The number of rotatable bonds is 0. The first kappa shape index (κ1) is 10.5. The number of allylic oxidation sites excluding steroid dienone is 1. The lowest BCUT2D eigenvalue weighted by molar-refractivity contribution is -0.149. The number of ether oxygens (including phenoxy) is 2. The molecule has 0 spiro atoms. The van der Waals surface area contributed by atoms with Gasteiger partial charge in [-0.05, 0) is 26.2 Å². The van der Waals surface area contributed by atoms with Crippen molar-refractivity contribution in [3.63, 3.8) is 0 Å². The molecule has 0 aromatic rings. The van der Waals surface area contributed by atoms with Crippen molar-refractivity contribution in [1.82, 2.24) is 0 Å². The van der Waals surface area contributed by atoms with E-state index in [9.17, 15) is 4.79 Å². The third-order valence-electron chi connectivity index (χ3n) is 4.24. The van der Waals surface area contributed by atoms with Crippen LogP contribution < -0.4 is 0 Å². The van der Waals surface area contributed by atoms with Crippen LogP contribution in [0.3, 0.4) is 0 Å². The summed E-state index contributed by atoms with van der Waals surface area (Å²) in [6.45, 7) is 3.42. The minimum Gasteiger partial charge on any atom is -0.373 e. The number of fused-ring (bicyclic) bond motifs is 2. The second kappa shape index (κ2) is 3.67. The fourth-order valence-electron chi connectivity index (χ4n) is 3.20. The molecule has 16 heavy (non-hydrogen) atoms. The zero-order valence-electron chi connectivity index (χ0n) is 9.70. The van der Waals surface area contributed by atoms with Crippen molar-refractivity contribution < 1.29 is 14.3 Å². The van der Waals surface area contributed by atoms with Gasteiger partial charge in [-0.15, -0.1) is 0 Å². The van der Waals surface area contributed by atoms with Crippen LogP contribution >= 0.6 is 0 Å². The molecule has 3 rings (SSSR count). The number of carbonyl (C=O) groups excluding carboxylic acids is 1. The lowest BCUT2D eigenvalue weighted by atomic mass is 9.64. The van der Waals surface area contributed by atoms with Crippen molar-refractivity contribution >= 4 is 5.78 Å². The Hall–Kier alpha value is -0.670. The van der Waals surface area contributed by atoms with Crippen LogP contribution in [0, 0.1) is 5.41 Å². The number of hydrogen-bond donors (Lipinski definition) is 0. The number of Topliss-reactive ketones (excluding diaryl/α,β-unsaturated/α-hetero) is 1. The summed E-state index contributed by atoms with van der Waals surface area (Å²) >= 11 is 0. The van der Waals surface area contributed by atoms with E-state index in [1.807, 2.05) is 0 Å². The Kier molecular flexibility index (Phi) is 2.41. The first-order valence-electron chi connectivity index (χ1n) is 6.18. The Morgan fingerprint density at radius 3 is 3.00 bits per heavy atom. The molecule has 3 atom stereocenters. The quantitative estimate of drug-likeness (QED) is 0.587. The van der Waals surface area contributed by atoms with Gasteiger partial charge < -0.3 is 9.47 Å². The van der Waals surface area contributed by atoms with Crippen LogP contribution in [-0.2, 0) is 14.3 Å². The molecule has 2 fully saturated rings. The molecule has 3 nitrogen and oxygen atoms in total. The van der Waals surface area contributed by atoms with Gasteiger partial charge in [-0.1, -0.05) is 11.6 Å². The first-order valence-corrected chi connectivity index (χ1v) is 6.18. The SMILES string of the molecule is CC12CC3OCCO[C@H]3C=C1CCCC2=O. The average Bonchev–Trinajstić information content (AvgIpc) is 2.28. The normalized spacial score (nSPS) is 43.3. The minimum atomic E-state index is -0.264. The van der Waals surface area contributed by atoms with Gasteiger partial charge in [-0.2, -0.15) is 0 Å². The van der Waals surface area contributed by atoms with Gasteiger partial charge in [-0.3, -0.25) is 4.79 Å². The smallest absolute Gasteiger partial charge is 0.142 e. The molecule has 0 aromatic carbocycles. The molecule has 3 aliphatic rings. The molecule has 0 N–H and O–H groups in total. The van der Waals surface area contributed by atoms with Crippen LogP contribution in [0.4, 0.5) is 0 Å². The highest BCUT2D eigenvalue weighted by atomic mass is 16.6. The Balaban J connectivity index is 1.94. The van der Waals surface area contributed by atoms with Gasteiger partial charge in [0.2, 0.25) is 0 Å². The van der Waals surface area contributed by atoms with E-state index in [1.54, 1.807) is 0 Å². The number of hydrogen-bond acceptors (Lipinski definition) is 3. The maximum atomic E-state index is 12.1. The van der Waals surface area contributed by atoms with Crippen LogP contribution in [0.15, 0.2) is 11.6 Å². The Morgan fingerprint density at radius 1 is 1.31 bits per heavy atom.